The third-order valence-corrected chi connectivity index (χ3v) is 12.1. The summed E-state index contributed by atoms with van der Waals surface area (Å²) in [5, 5.41) is 0. The van der Waals surface area contributed by atoms with Crippen LogP contribution in [-0.4, -0.2) is 44.6 Å². The molecule has 2 aromatic rings. The molecule has 1 aliphatic rings. The van der Waals surface area contributed by atoms with Crippen LogP contribution in [0.15, 0.2) is 48.5 Å². The molecule has 3 atom stereocenters. The van der Waals surface area contributed by atoms with Gasteiger partial charge in [0.15, 0.2) is 0 Å². The molecule has 1 saturated heterocycles. The van der Waals surface area contributed by atoms with Gasteiger partial charge in [0.1, 0.15) is 0 Å². The van der Waals surface area contributed by atoms with Gasteiger partial charge in [-0.25, -0.2) is 0 Å². The van der Waals surface area contributed by atoms with Crippen molar-refractivity contribution in [3.63, 3.8) is 0 Å². The second kappa shape index (κ2) is 9.81. The summed E-state index contributed by atoms with van der Waals surface area (Å²) in [6.45, 7) is 3.40. The van der Waals surface area contributed by atoms with Gasteiger partial charge in [0.2, 0.25) is 0 Å². The Bertz CT molecular complexity index is 1080. The van der Waals surface area contributed by atoms with Crippen LogP contribution in [0.1, 0.15) is 48.2 Å². The van der Waals surface area contributed by atoms with Crippen molar-refractivity contribution in [2.45, 2.75) is 44.4 Å². The monoisotopic (exact) mass is 568 g/mol. The number of rotatable bonds is 4. The summed E-state index contributed by atoms with van der Waals surface area (Å²) in [5.74, 6) is 5.65. The molecule has 1 unspecified atom stereocenters. The van der Waals surface area contributed by atoms with Gasteiger partial charge in [0.05, 0.1) is 0 Å². The molecule has 0 amide bonds. The van der Waals surface area contributed by atoms with E-state index < -0.39 is 47.7 Å². The molecule has 0 saturated carbocycles. The molecule has 1 fully saturated rings. The second-order valence-electron chi connectivity index (χ2n) is 7.92. The van der Waals surface area contributed by atoms with Gasteiger partial charge in [-0.05, 0) is 0 Å². The summed E-state index contributed by atoms with van der Waals surface area (Å²) < 4.78 is 90.6. The van der Waals surface area contributed by atoms with Gasteiger partial charge in [0.25, 0.3) is 0 Å². The van der Waals surface area contributed by atoms with E-state index in [4.69, 9.17) is 4.52 Å². The molecule has 0 bridgehead atoms. The third kappa shape index (κ3) is 5.31. The Kier molecular flexibility index (Phi) is 7.79. The van der Waals surface area contributed by atoms with E-state index in [-0.39, 0.29) is 0 Å². The van der Waals surface area contributed by atoms with Crippen molar-refractivity contribution in [3.05, 3.63) is 70.8 Å². The van der Waals surface area contributed by atoms with Crippen LogP contribution < -0.4 is 0 Å². The molecule has 3 nitrogen and oxygen atoms in total. The first-order valence-corrected chi connectivity index (χ1v) is 14.0. The number of halogens is 6. The summed E-state index contributed by atoms with van der Waals surface area (Å²) >= 11 is 3.06. The summed E-state index contributed by atoms with van der Waals surface area (Å²) in [6, 6.07) is 5.54. The van der Waals surface area contributed by atoms with Crippen molar-refractivity contribution in [2.75, 3.05) is 14.1 Å². The van der Waals surface area contributed by atoms with Gasteiger partial charge in [-0.2, -0.15) is 0 Å². The van der Waals surface area contributed by atoms with Gasteiger partial charge in [-0.15, -0.1) is 0 Å². The number of hydrogen-bond acceptors (Lipinski definition) is 3. The van der Waals surface area contributed by atoms with Crippen LogP contribution in [0.3, 0.4) is 0 Å². The van der Waals surface area contributed by atoms with Crippen LogP contribution in [-0.2, 0) is 16.9 Å². The van der Waals surface area contributed by atoms with Crippen LogP contribution in [0.25, 0.3) is 0 Å². The van der Waals surface area contributed by atoms with Gasteiger partial charge < -0.3 is 0 Å². The first-order chi connectivity index (χ1) is 15.7. The van der Waals surface area contributed by atoms with E-state index >= 15 is 0 Å². The van der Waals surface area contributed by atoms with Crippen molar-refractivity contribution in [2.24, 2.45) is 0 Å². The molecule has 0 N–H and O–H groups in total. The Morgan fingerprint density at radius 2 is 1.29 bits per heavy atom. The predicted molar refractivity (Wildman–Crippen MR) is 121 cm³/mol. The van der Waals surface area contributed by atoms with Gasteiger partial charge >= 0.3 is 202 Å². The van der Waals surface area contributed by atoms with E-state index in [1.54, 1.807) is 49.4 Å². The Balaban J connectivity index is 2.19. The maximum atomic E-state index is 13.5. The van der Waals surface area contributed by atoms with Crippen LogP contribution in [0.2, 0.25) is 0 Å². The van der Waals surface area contributed by atoms with Crippen LogP contribution >= 0.6 is 6.04 Å². The zero-order chi connectivity index (χ0) is 25.5. The third-order valence-electron chi connectivity index (χ3n) is 5.66. The molecule has 34 heavy (non-hydrogen) atoms. The average Bonchev–Trinajstić information content (AvgIpc) is 2.94. The summed E-state index contributed by atoms with van der Waals surface area (Å²) in [7, 11) is 3.40. The zero-order valence-electron chi connectivity index (χ0n) is 18.8. The average molecular weight is 567 g/mol. The Morgan fingerprint density at radius 3 is 1.65 bits per heavy atom. The number of nitrogens with zero attached hydrogens (tertiary/aromatic N) is 2. The van der Waals surface area contributed by atoms with Crippen molar-refractivity contribution < 1.29 is 30.9 Å². The fraction of sp³-hybridized carbons (Fsp3) is 0.391. The standard InChI is InChI=1S/C23H23F6N2OPSe/c1-5-8-15(2)32-33(34)30(3)20(16-9-6-11-18(13-16)22(24,25)26)21(31(33)4)17-10-7-12-19(14-17)23(27,28)29/h6-7,9-15,20-21H,1-4H3/t15?,20-,21-/m0/s1. The van der Waals surface area contributed by atoms with Crippen LogP contribution in [0, 0.1) is 11.8 Å². The predicted octanol–water partition coefficient (Wildman–Crippen LogP) is 6.66. The fourth-order valence-electron chi connectivity index (χ4n) is 4.12. The van der Waals surface area contributed by atoms with Crippen molar-refractivity contribution in [3.8, 4) is 11.8 Å². The maximum absolute atomic E-state index is 13.5. The number of likely N-dealkylation sites (N-methyl/N-ethyl adjacent to an activating group) is 2. The molecule has 1 heterocycles. The number of hydrogen-bond donors (Lipinski definition) is 0. The second-order valence-corrected chi connectivity index (χ2v) is 13.4. The van der Waals surface area contributed by atoms with E-state index in [0.29, 0.717) is 11.1 Å². The fourth-order valence-corrected chi connectivity index (χ4v) is 8.57. The van der Waals surface area contributed by atoms with E-state index in [2.05, 4.69) is 26.9 Å². The Morgan fingerprint density at radius 1 is 0.882 bits per heavy atom. The molecular formula is C23H23F6N2OPSe. The molecule has 0 radical (unpaired) electrons. The van der Waals surface area contributed by atoms with E-state index in [1.165, 1.54) is 12.1 Å². The number of benzene rings is 2. The molecule has 0 aromatic heterocycles. The Labute approximate surface area is 202 Å². The molecule has 0 spiro atoms. The minimum absolute atomic E-state index is 0.321. The first kappa shape index (κ1) is 27.0. The molecule has 184 valence electrons. The van der Waals surface area contributed by atoms with Gasteiger partial charge in [-0.1, -0.05) is 0 Å². The molecule has 0 aliphatic carbocycles. The summed E-state index contributed by atoms with van der Waals surface area (Å²) in [6.07, 6.45) is -9.62. The van der Waals surface area contributed by atoms with Gasteiger partial charge in [0, 0.05) is 0 Å². The molecular weight excluding hydrogens is 544 g/mol. The molecule has 3 rings (SSSR count). The van der Waals surface area contributed by atoms with Crippen LogP contribution in [0.4, 0.5) is 26.3 Å². The summed E-state index contributed by atoms with van der Waals surface area (Å²) in [5.41, 5.74) is -1.01. The summed E-state index contributed by atoms with van der Waals surface area (Å²) in [4.78, 5) is 0. The minimum atomic E-state index is -4.56. The Hall–Kier alpha value is -1.59. The SMILES string of the molecule is CC#CC(C)OP1(=[Se])N(C)[C@@H](c2cccc(C(F)(F)F)c2)[C@H](c2cccc(C(F)(F)F)c2)N1C. The van der Waals surface area contributed by atoms with Gasteiger partial charge in [-0.3, -0.25) is 0 Å². The quantitative estimate of drug-likeness (QED) is 0.178. The molecule has 1 aliphatic heterocycles. The molecule has 11 heteroatoms. The normalized spacial score (nSPS) is 22.3. The first-order valence-electron chi connectivity index (χ1n) is 10.2. The zero-order valence-corrected chi connectivity index (χ0v) is 21.4. The van der Waals surface area contributed by atoms with E-state index in [9.17, 15) is 26.3 Å². The van der Waals surface area contributed by atoms with Crippen LogP contribution in [0.5, 0.6) is 0 Å². The van der Waals surface area contributed by atoms with Crippen molar-refractivity contribution in [1.82, 2.24) is 9.34 Å². The van der Waals surface area contributed by atoms with Crippen molar-refractivity contribution in [1.29, 1.82) is 0 Å². The van der Waals surface area contributed by atoms with E-state index in [0.717, 1.165) is 24.3 Å². The molecule has 2 aromatic carbocycles. The number of alkyl halides is 6. The topological polar surface area (TPSA) is 15.7 Å². The van der Waals surface area contributed by atoms with Crippen molar-refractivity contribution >= 4 is 21.1 Å². The van der Waals surface area contributed by atoms with E-state index in [1.807, 2.05) is 0 Å².